The van der Waals surface area contributed by atoms with Gasteiger partial charge in [0.25, 0.3) is 11.8 Å². The highest BCUT2D eigenvalue weighted by molar-refractivity contribution is 5.98. The number of nitrogens with zero attached hydrogens (tertiary/aromatic N) is 1. The lowest BCUT2D eigenvalue weighted by Crippen LogP contribution is -2.35. The van der Waals surface area contributed by atoms with Crippen molar-refractivity contribution in [3.8, 4) is 11.5 Å². The van der Waals surface area contributed by atoms with Gasteiger partial charge in [-0.15, -0.1) is 0 Å². The van der Waals surface area contributed by atoms with E-state index in [9.17, 15) is 14.4 Å². The second kappa shape index (κ2) is 11.1. The molecule has 0 heterocycles. The number of ether oxygens (including phenoxy) is 3. The van der Waals surface area contributed by atoms with Gasteiger partial charge in [0.05, 0.1) is 32.5 Å². The largest absolute Gasteiger partial charge is 0.496 e. The molecule has 0 saturated carbocycles. The molecular weight excluding hydrogens is 378 g/mol. The highest BCUT2D eigenvalue weighted by atomic mass is 16.6. The molecule has 0 aromatic heterocycles. The Morgan fingerprint density at radius 3 is 2.45 bits per heavy atom. The number of benzene rings is 2. The van der Waals surface area contributed by atoms with Crippen LogP contribution in [-0.4, -0.2) is 51.4 Å². The van der Waals surface area contributed by atoms with Crippen LogP contribution < -0.4 is 20.2 Å². The first-order chi connectivity index (χ1) is 14.0. The van der Waals surface area contributed by atoms with Gasteiger partial charge in [0.2, 0.25) is 0 Å². The Morgan fingerprint density at radius 1 is 1.03 bits per heavy atom. The van der Waals surface area contributed by atoms with Crippen molar-refractivity contribution in [1.82, 2.24) is 10.7 Å². The average Bonchev–Trinajstić information content (AvgIpc) is 2.76. The molecule has 0 aliphatic carbocycles. The van der Waals surface area contributed by atoms with E-state index in [4.69, 9.17) is 9.47 Å². The fraction of sp³-hybridized carbons (Fsp3) is 0.200. The minimum absolute atomic E-state index is 0.180. The van der Waals surface area contributed by atoms with Gasteiger partial charge in [-0.2, -0.15) is 5.10 Å². The Morgan fingerprint density at radius 2 is 1.76 bits per heavy atom. The third kappa shape index (κ3) is 6.98. The number of esters is 1. The zero-order chi connectivity index (χ0) is 21.1. The average molecular weight is 399 g/mol. The summed E-state index contributed by atoms with van der Waals surface area (Å²) >= 11 is 0. The van der Waals surface area contributed by atoms with Gasteiger partial charge in [0.1, 0.15) is 11.5 Å². The van der Waals surface area contributed by atoms with Crippen LogP contribution in [0.3, 0.4) is 0 Å². The van der Waals surface area contributed by atoms with Gasteiger partial charge < -0.3 is 19.5 Å². The maximum Gasteiger partial charge on any atom is 0.343 e. The van der Waals surface area contributed by atoms with Crippen molar-refractivity contribution in [3.63, 3.8) is 0 Å². The first-order valence-electron chi connectivity index (χ1n) is 8.56. The van der Waals surface area contributed by atoms with Gasteiger partial charge in [-0.25, -0.2) is 10.2 Å². The zero-order valence-corrected chi connectivity index (χ0v) is 16.0. The predicted octanol–water partition coefficient (Wildman–Crippen LogP) is 1.13. The van der Waals surface area contributed by atoms with Crippen LogP contribution in [0.4, 0.5) is 0 Å². The first kappa shape index (κ1) is 21.4. The molecule has 0 unspecified atom stereocenters. The van der Waals surface area contributed by atoms with Crippen LogP contribution in [0.25, 0.3) is 0 Å². The van der Waals surface area contributed by atoms with Crippen LogP contribution in [0.15, 0.2) is 53.6 Å². The van der Waals surface area contributed by atoms with E-state index in [0.717, 1.165) is 0 Å². The fourth-order valence-electron chi connectivity index (χ4n) is 2.16. The van der Waals surface area contributed by atoms with E-state index in [1.807, 2.05) is 0 Å². The molecule has 0 fully saturated rings. The Balaban J connectivity index is 1.77. The Hall–Kier alpha value is -3.88. The molecule has 9 nitrogen and oxygen atoms in total. The molecule has 2 aromatic carbocycles. The van der Waals surface area contributed by atoms with Gasteiger partial charge in [-0.05, 0) is 42.0 Å². The van der Waals surface area contributed by atoms with Gasteiger partial charge in [-0.1, -0.05) is 12.1 Å². The van der Waals surface area contributed by atoms with Gasteiger partial charge in [0.15, 0.2) is 6.61 Å². The number of para-hydroxylation sites is 1. The first-order valence-corrected chi connectivity index (χ1v) is 8.56. The predicted molar refractivity (Wildman–Crippen MR) is 105 cm³/mol. The van der Waals surface area contributed by atoms with Gasteiger partial charge in [-0.3, -0.25) is 9.59 Å². The normalized spacial score (nSPS) is 10.3. The smallest absolute Gasteiger partial charge is 0.343 e. The van der Waals surface area contributed by atoms with E-state index >= 15 is 0 Å². The monoisotopic (exact) mass is 399 g/mol. The molecule has 0 bridgehead atoms. The minimum atomic E-state index is -0.484. The van der Waals surface area contributed by atoms with E-state index in [1.54, 1.807) is 48.5 Å². The van der Waals surface area contributed by atoms with Crippen LogP contribution in [-0.2, 0) is 14.3 Å². The molecule has 2 aromatic rings. The molecule has 9 heteroatoms. The number of hydrogen-bond donors (Lipinski definition) is 2. The molecule has 0 radical (unpaired) electrons. The Kier molecular flexibility index (Phi) is 8.18. The standard InChI is InChI=1S/C20H21N3O6/c1-27-17-6-4-3-5-16(17)20(26)21-12-18(24)23-22-11-14-7-9-15(10-8-14)29-13-19(25)28-2/h3-11H,12-13H2,1-2H3,(H,21,26)(H,23,24). The summed E-state index contributed by atoms with van der Waals surface area (Å²) in [7, 11) is 2.74. The van der Waals surface area contributed by atoms with Crippen molar-refractivity contribution >= 4 is 24.0 Å². The van der Waals surface area contributed by atoms with Crippen LogP contribution in [0, 0.1) is 0 Å². The number of hydrogen-bond acceptors (Lipinski definition) is 7. The lowest BCUT2D eigenvalue weighted by atomic mass is 10.2. The highest BCUT2D eigenvalue weighted by Crippen LogP contribution is 2.16. The van der Waals surface area contributed by atoms with Crippen LogP contribution >= 0.6 is 0 Å². The van der Waals surface area contributed by atoms with Crippen LogP contribution in [0.2, 0.25) is 0 Å². The molecule has 0 saturated heterocycles. The minimum Gasteiger partial charge on any atom is -0.496 e. The van der Waals surface area contributed by atoms with Crippen molar-refractivity contribution in [2.75, 3.05) is 27.4 Å². The number of methoxy groups -OCH3 is 2. The second-order valence-electron chi connectivity index (χ2n) is 5.61. The van der Waals surface area contributed by atoms with E-state index in [-0.39, 0.29) is 13.2 Å². The van der Waals surface area contributed by atoms with Crippen LogP contribution in [0.1, 0.15) is 15.9 Å². The molecule has 0 aliphatic rings. The second-order valence-corrected chi connectivity index (χ2v) is 5.61. The summed E-state index contributed by atoms with van der Waals surface area (Å²) < 4.78 is 14.8. The summed E-state index contributed by atoms with van der Waals surface area (Å²) in [5.41, 5.74) is 3.36. The molecular formula is C20H21N3O6. The van der Waals surface area contributed by atoms with Crippen molar-refractivity contribution in [3.05, 3.63) is 59.7 Å². The SMILES string of the molecule is COC(=O)COc1ccc(C=NNC(=O)CNC(=O)c2ccccc2OC)cc1. The maximum absolute atomic E-state index is 12.1. The molecule has 0 aliphatic heterocycles. The third-order valence-corrected chi connectivity index (χ3v) is 3.63. The van der Waals surface area contributed by atoms with Crippen molar-refractivity contribution in [1.29, 1.82) is 0 Å². The highest BCUT2D eigenvalue weighted by Gasteiger charge is 2.12. The lowest BCUT2D eigenvalue weighted by molar-refractivity contribution is -0.142. The summed E-state index contributed by atoms with van der Waals surface area (Å²) in [5.74, 6) is -0.471. The van der Waals surface area contributed by atoms with E-state index in [1.165, 1.54) is 20.4 Å². The molecule has 152 valence electrons. The van der Waals surface area contributed by atoms with Crippen molar-refractivity contribution in [2.24, 2.45) is 5.10 Å². The number of carbonyl (C=O) groups excluding carboxylic acids is 3. The molecule has 0 atom stereocenters. The number of rotatable bonds is 9. The summed E-state index contributed by atoms with van der Waals surface area (Å²) in [6.45, 7) is -0.422. The fourth-order valence-corrected chi connectivity index (χ4v) is 2.16. The van der Waals surface area contributed by atoms with Crippen molar-refractivity contribution < 1.29 is 28.6 Å². The molecule has 0 spiro atoms. The maximum atomic E-state index is 12.1. The van der Waals surface area contributed by atoms with Crippen LogP contribution in [0.5, 0.6) is 11.5 Å². The zero-order valence-electron chi connectivity index (χ0n) is 16.0. The van der Waals surface area contributed by atoms with Crippen molar-refractivity contribution in [2.45, 2.75) is 0 Å². The van der Waals surface area contributed by atoms with E-state index in [2.05, 4.69) is 20.6 Å². The Bertz CT molecular complexity index is 880. The Labute approximate surface area is 167 Å². The number of amides is 2. The summed E-state index contributed by atoms with van der Waals surface area (Å²) in [4.78, 5) is 35.0. The summed E-state index contributed by atoms with van der Waals surface area (Å²) in [5, 5.41) is 6.33. The van der Waals surface area contributed by atoms with Gasteiger partial charge >= 0.3 is 5.97 Å². The van der Waals surface area contributed by atoms with E-state index in [0.29, 0.717) is 22.6 Å². The molecule has 2 amide bonds. The quantitative estimate of drug-likeness (QED) is 0.371. The topological polar surface area (TPSA) is 115 Å². The van der Waals surface area contributed by atoms with Gasteiger partial charge in [0, 0.05) is 0 Å². The number of carbonyl (C=O) groups is 3. The number of hydrazone groups is 1. The molecule has 29 heavy (non-hydrogen) atoms. The number of nitrogens with one attached hydrogen (secondary N) is 2. The molecule has 2 N–H and O–H groups in total. The summed E-state index contributed by atoms with van der Waals surface area (Å²) in [6.07, 6.45) is 1.43. The molecule has 2 rings (SSSR count). The van der Waals surface area contributed by atoms with E-state index < -0.39 is 17.8 Å². The summed E-state index contributed by atoms with van der Waals surface area (Å²) in [6, 6.07) is 13.4. The third-order valence-electron chi connectivity index (χ3n) is 3.63. The lowest BCUT2D eigenvalue weighted by Gasteiger charge is -2.08.